The van der Waals surface area contributed by atoms with Gasteiger partial charge in [0.25, 0.3) is 0 Å². The van der Waals surface area contributed by atoms with Crippen LogP contribution >= 0.6 is 12.4 Å². The van der Waals surface area contributed by atoms with E-state index in [0.29, 0.717) is 5.84 Å². The molecule has 2 aromatic carbocycles. The highest BCUT2D eigenvalue weighted by atomic mass is 35.5. The Morgan fingerprint density at radius 2 is 1.77 bits per heavy atom. The number of halogens is 1. The molecule has 140 valence electrons. The summed E-state index contributed by atoms with van der Waals surface area (Å²) in [7, 11) is -1.24. The molecule has 1 aliphatic rings. The predicted octanol–water partition coefficient (Wildman–Crippen LogP) is 4.77. The Balaban J connectivity index is 0.00000243. The molecule has 0 fully saturated rings. The third-order valence-corrected chi connectivity index (χ3v) is 5.27. The summed E-state index contributed by atoms with van der Waals surface area (Å²) in [5, 5.41) is 0. The molecule has 0 radical (unpaired) electrons. The van der Waals surface area contributed by atoms with Crippen molar-refractivity contribution in [2.45, 2.75) is 51.7 Å². The molecule has 0 amide bonds. The van der Waals surface area contributed by atoms with Crippen molar-refractivity contribution in [3.8, 4) is 5.75 Å². The zero-order valence-electron chi connectivity index (χ0n) is 16.2. The fraction of sp³-hybridized carbons (Fsp3) is 0.381. The van der Waals surface area contributed by atoms with E-state index in [0.717, 1.165) is 23.3 Å². The zero-order valence-corrected chi connectivity index (χ0v) is 18.2. The van der Waals surface area contributed by atoms with Crippen molar-refractivity contribution < 1.29 is 4.43 Å². The minimum absolute atomic E-state index is 0. The molecular weight excluding hydrogens is 360 g/mol. The van der Waals surface area contributed by atoms with Crippen LogP contribution in [0.2, 0.25) is 13.1 Å². The number of benzene rings is 2. The third-order valence-electron chi connectivity index (χ3n) is 4.57. The highest BCUT2D eigenvalue weighted by Crippen LogP contribution is 2.40. The lowest BCUT2D eigenvalue weighted by Gasteiger charge is -2.29. The Bertz CT molecular complexity index is 812. The average Bonchev–Trinajstić information content (AvgIpc) is 2.53. The van der Waals surface area contributed by atoms with Crippen molar-refractivity contribution in [1.82, 2.24) is 0 Å². The number of para-hydroxylation sites is 1. The Hall–Kier alpha value is -1.78. The van der Waals surface area contributed by atoms with Gasteiger partial charge in [0.05, 0.1) is 6.04 Å². The Labute approximate surface area is 164 Å². The molecule has 0 aromatic heterocycles. The lowest BCUT2D eigenvalue weighted by Crippen LogP contribution is -2.25. The Morgan fingerprint density at radius 3 is 2.42 bits per heavy atom. The van der Waals surface area contributed by atoms with Crippen molar-refractivity contribution in [1.29, 1.82) is 0 Å². The van der Waals surface area contributed by atoms with Crippen LogP contribution in [0.5, 0.6) is 5.75 Å². The van der Waals surface area contributed by atoms with Crippen LogP contribution in [-0.2, 0) is 11.8 Å². The van der Waals surface area contributed by atoms with Crippen molar-refractivity contribution in [3.05, 3.63) is 64.7 Å². The van der Waals surface area contributed by atoms with E-state index in [1.165, 1.54) is 11.1 Å². The first kappa shape index (κ1) is 20.5. The minimum Gasteiger partial charge on any atom is -0.547 e. The third kappa shape index (κ3) is 4.13. The summed E-state index contributed by atoms with van der Waals surface area (Å²) < 4.78 is 6.41. The van der Waals surface area contributed by atoms with Crippen LogP contribution in [-0.4, -0.2) is 14.9 Å². The quantitative estimate of drug-likeness (QED) is 0.769. The molecule has 1 aliphatic heterocycles. The summed E-state index contributed by atoms with van der Waals surface area (Å²) in [4.78, 5) is 4.81. The first-order valence-corrected chi connectivity index (χ1v) is 11.8. The molecule has 0 spiro atoms. The average molecular weight is 389 g/mol. The van der Waals surface area contributed by atoms with E-state index in [-0.39, 0.29) is 23.9 Å². The van der Waals surface area contributed by atoms with Gasteiger partial charge in [-0.3, -0.25) is 4.99 Å². The van der Waals surface area contributed by atoms with Crippen LogP contribution in [0.25, 0.3) is 0 Å². The van der Waals surface area contributed by atoms with Crippen molar-refractivity contribution in [2.75, 3.05) is 0 Å². The van der Waals surface area contributed by atoms with E-state index in [2.05, 4.69) is 70.3 Å². The lowest BCUT2D eigenvalue weighted by molar-refractivity contribution is 0.506. The summed E-state index contributed by atoms with van der Waals surface area (Å²) in [5.41, 5.74) is 11.0. The molecule has 1 unspecified atom stereocenters. The number of aliphatic imine (C=N–C) groups is 1. The number of rotatable bonds is 3. The minimum atomic E-state index is -1.24. The van der Waals surface area contributed by atoms with E-state index in [1.54, 1.807) is 0 Å². The highest BCUT2D eigenvalue weighted by molar-refractivity contribution is 6.49. The predicted molar refractivity (Wildman–Crippen MR) is 116 cm³/mol. The van der Waals surface area contributed by atoms with Gasteiger partial charge in [-0.2, -0.15) is 0 Å². The topological polar surface area (TPSA) is 47.6 Å². The summed E-state index contributed by atoms with van der Waals surface area (Å²) in [6.07, 6.45) is 0.862. The molecule has 0 bridgehead atoms. The molecule has 5 heteroatoms. The van der Waals surface area contributed by atoms with Gasteiger partial charge in [-0.15, -0.1) is 12.4 Å². The van der Waals surface area contributed by atoms with Crippen LogP contribution in [0.1, 0.15) is 49.1 Å². The Kier molecular flexibility index (Phi) is 6.19. The molecule has 1 heterocycles. The van der Waals surface area contributed by atoms with Gasteiger partial charge in [0.1, 0.15) is 11.6 Å². The molecule has 3 rings (SSSR count). The maximum atomic E-state index is 6.41. The van der Waals surface area contributed by atoms with Gasteiger partial charge in [0, 0.05) is 11.1 Å². The zero-order chi connectivity index (χ0) is 18.2. The van der Waals surface area contributed by atoms with Gasteiger partial charge >= 0.3 is 0 Å². The Morgan fingerprint density at radius 1 is 1.08 bits per heavy atom. The normalized spacial score (nSPS) is 16.5. The summed E-state index contributed by atoms with van der Waals surface area (Å²) in [5.74, 6) is 1.65. The van der Waals surface area contributed by atoms with Crippen molar-refractivity contribution in [3.63, 3.8) is 0 Å². The SMILES string of the molecule is C[SiH](C)Oc1c(C2Cc3ccccc3C(N)=N2)cccc1C(C)(C)C.Cl. The first-order chi connectivity index (χ1) is 11.8. The van der Waals surface area contributed by atoms with Crippen LogP contribution in [0.15, 0.2) is 47.5 Å². The highest BCUT2D eigenvalue weighted by Gasteiger charge is 2.28. The smallest absolute Gasteiger partial charge is 0.229 e. The maximum absolute atomic E-state index is 6.41. The van der Waals surface area contributed by atoms with Crippen LogP contribution in [0.3, 0.4) is 0 Å². The second-order valence-corrected chi connectivity index (χ2v) is 10.4. The molecule has 2 N–H and O–H groups in total. The monoisotopic (exact) mass is 388 g/mol. The van der Waals surface area contributed by atoms with Crippen LogP contribution in [0.4, 0.5) is 0 Å². The van der Waals surface area contributed by atoms with E-state index >= 15 is 0 Å². The fourth-order valence-corrected chi connectivity index (χ4v) is 4.13. The molecule has 3 nitrogen and oxygen atoms in total. The summed E-state index contributed by atoms with van der Waals surface area (Å²) in [6, 6.07) is 14.7. The second-order valence-electron chi connectivity index (χ2n) is 8.03. The number of fused-ring (bicyclic) bond motifs is 1. The van der Waals surface area contributed by atoms with Gasteiger partial charge < -0.3 is 10.2 Å². The van der Waals surface area contributed by atoms with Crippen LogP contribution in [0, 0.1) is 0 Å². The fourth-order valence-electron chi connectivity index (χ4n) is 3.39. The van der Waals surface area contributed by atoms with Gasteiger partial charge in [-0.1, -0.05) is 63.2 Å². The molecule has 0 saturated heterocycles. The molecule has 1 atom stereocenters. The van der Waals surface area contributed by atoms with Crippen molar-refractivity contribution in [2.24, 2.45) is 10.7 Å². The van der Waals surface area contributed by atoms with Crippen molar-refractivity contribution >= 4 is 27.3 Å². The molecular formula is C21H29ClN2OSi. The van der Waals surface area contributed by atoms with Gasteiger partial charge in [0.15, 0.2) is 0 Å². The van der Waals surface area contributed by atoms with E-state index < -0.39 is 9.04 Å². The van der Waals surface area contributed by atoms with Gasteiger partial charge in [-0.25, -0.2) is 0 Å². The number of hydrogen-bond donors (Lipinski definition) is 1. The van der Waals surface area contributed by atoms with E-state index in [9.17, 15) is 0 Å². The number of amidine groups is 1. The summed E-state index contributed by atoms with van der Waals surface area (Å²) >= 11 is 0. The molecule has 0 aliphatic carbocycles. The molecule has 26 heavy (non-hydrogen) atoms. The first-order valence-electron chi connectivity index (χ1n) is 8.99. The molecule has 2 aromatic rings. The lowest BCUT2D eigenvalue weighted by atomic mass is 9.83. The summed E-state index contributed by atoms with van der Waals surface area (Å²) in [6.45, 7) is 11.1. The van der Waals surface area contributed by atoms with E-state index in [1.807, 2.05) is 6.07 Å². The van der Waals surface area contributed by atoms with E-state index in [4.69, 9.17) is 15.2 Å². The standard InChI is InChI=1S/C21H28N2OSi.ClH/c1-21(2,3)17-12-8-11-16(19(17)24-25(4)5)18-13-14-9-6-7-10-15(14)20(22)23-18;/h6-12,18,25H,13H2,1-5H3,(H2,22,23);1H. The number of nitrogens with zero attached hydrogens (tertiary/aromatic N) is 1. The number of nitrogens with two attached hydrogens (primary N) is 1. The number of hydrogen-bond acceptors (Lipinski definition) is 3. The maximum Gasteiger partial charge on any atom is 0.229 e. The van der Waals surface area contributed by atoms with Gasteiger partial charge in [0.2, 0.25) is 9.04 Å². The second kappa shape index (κ2) is 7.85. The van der Waals surface area contributed by atoms with Crippen LogP contribution < -0.4 is 10.2 Å². The largest absolute Gasteiger partial charge is 0.547 e. The molecule has 0 saturated carbocycles. The van der Waals surface area contributed by atoms with Gasteiger partial charge in [-0.05, 0) is 36.1 Å².